The maximum absolute atomic E-state index is 12.5. The topological polar surface area (TPSA) is 74.6 Å². The van der Waals surface area contributed by atoms with E-state index in [1.807, 2.05) is 19.9 Å². The third-order valence-electron chi connectivity index (χ3n) is 6.90. The standard InChI is InChI=1S/C21H27ClO4/c1-13-3-6-16(23)9-14(13)4-5-15-10-17(24)11-20(2)18(15)7-8-21(20,26)19(25)12-22/h3,6,9,15,18,23,26H,4-5,7-8,10-12H2,1-2H3. The summed E-state index contributed by atoms with van der Waals surface area (Å²) in [4.78, 5) is 24.8. The first-order valence-electron chi connectivity index (χ1n) is 9.33. The van der Waals surface area contributed by atoms with Crippen molar-refractivity contribution in [3.63, 3.8) is 0 Å². The number of phenols is 1. The zero-order valence-corrected chi connectivity index (χ0v) is 16.2. The molecule has 0 bridgehead atoms. The van der Waals surface area contributed by atoms with Gasteiger partial charge in [-0.1, -0.05) is 13.0 Å². The maximum Gasteiger partial charge on any atom is 0.179 e. The molecule has 5 heteroatoms. The molecule has 2 aliphatic rings. The normalized spacial score (nSPS) is 33.9. The number of carbonyl (C=O) groups excluding carboxylic acids is 2. The lowest BCUT2D eigenvalue weighted by atomic mass is 9.58. The van der Waals surface area contributed by atoms with Crippen molar-refractivity contribution in [3.05, 3.63) is 29.3 Å². The molecule has 0 amide bonds. The molecule has 0 aliphatic heterocycles. The molecule has 1 aromatic rings. The van der Waals surface area contributed by atoms with E-state index < -0.39 is 11.0 Å². The Kier molecular flexibility index (Phi) is 5.19. The summed E-state index contributed by atoms with van der Waals surface area (Å²) >= 11 is 5.74. The fourth-order valence-corrected chi connectivity index (χ4v) is 5.59. The summed E-state index contributed by atoms with van der Waals surface area (Å²) in [5, 5.41) is 20.8. The van der Waals surface area contributed by atoms with Crippen molar-refractivity contribution in [1.82, 2.24) is 0 Å². The molecule has 0 aromatic heterocycles. The van der Waals surface area contributed by atoms with E-state index in [0.29, 0.717) is 12.8 Å². The van der Waals surface area contributed by atoms with Crippen molar-refractivity contribution in [2.75, 3.05) is 5.88 Å². The predicted molar refractivity (Wildman–Crippen MR) is 100 cm³/mol. The summed E-state index contributed by atoms with van der Waals surface area (Å²) in [5.74, 6) is 0.0546. The molecule has 4 nitrogen and oxygen atoms in total. The van der Waals surface area contributed by atoms with Crippen LogP contribution in [0.4, 0.5) is 0 Å². The largest absolute Gasteiger partial charge is 0.508 e. The molecule has 1 aromatic carbocycles. The molecule has 4 atom stereocenters. The Bertz CT molecular complexity index is 731. The molecular weight excluding hydrogens is 352 g/mol. The van der Waals surface area contributed by atoms with Crippen LogP contribution in [0.3, 0.4) is 0 Å². The number of aliphatic hydroxyl groups is 1. The number of Topliss-reactive ketones (excluding diaryl/α,β-unsaturated/α-hetero) is 2. The van der Waals surface area contributed by atoms with E-state index in [-0.39, 0.29) is 41.5 Å². The van der Waals surface area contributed by atoms with Gasteiger partial charge in [0, 0.05) is 18.3 Å². The van der Waals surface area contributed by atoms with Crippen molar-refractivity contribution >= 4 is 23.2 Å². The van der Waals surface area contributed by atoms with Crippen molar-refractivity contribution in [2.45, 2.75) is 58.0 Å². The number of aryl methyl sites for hydroxylation is 2. The van der Waals surface area contributed by atoms with Crippen LogP contribution in [0.2, 0.25) is 0 Å². The number of hydrogen-bond donors (Lipinski definition) is 2. The highest BCUT2D eigenvalue weighted by molar-refractivity contribution is 6.29. The number of fused-ring (bicyclic) bond motifs is 1. The van der Waals surface area contributed by atoms with E-state index in [0.717, 1.165) is 30.4 Å². The Morgan fingerprint density at radius 1 is 1.38 bits per heavy atom. The minimum atomic E-state index is -1.49. The molecule has 0 radical (unpaired) electrons. The van der Waals surface area contributed by atoms with Crippen LogP contribution in [0.25, 0.3) is 0 Å². The fourth-order valence-electron chi connectivity index (χ4n) is 5.36. The van der Waals surface area contributed by atoms with E-state index in [9.17, 15) is 19.8 Å². The number of benzene rings is 1. The molecule has 2 N–H and O–H groups in total. The second-order valence-corrected chi connectivity index (χ2v) is 8.58. The van der Waals surface area contributed by atoms with Crippen molar-refractivity contribution in [2.24, 2.45) is 17.3 Å². The van der Waals surface area contributed by atoms with Gasteiger partial charge in [-0.15, -0.1) is 11.6 Å². The average molecular weight is 379 g/mol. The van der Waals surface area contributed by atoms with Crippen LogP contribution in [0.15, 0.2) is 18.2 Å². The molecular formula is C21H27ClO4. The van der Waals surface area contributed by atoms with Crippen LogP contribution in [0.5, 0.6) is 5.75 Å². The Balaban J connectivity index is 1.82. The van der Waals surface area contributed by atoms with Gasteiger partial charge >= 0.3 is 0 Å². The summed E-state index contributed by atoms with van der Waals surface area (Å²) in [6, 6.07) is 5.35. The van der Waals surface area contributed by atoms with Gasteiger partial charge in [-0.2, -0.15) is 0 Å². The highest BCUT2D eigenvalue weighted by Crippen LogP contribution is 2.59. The molecule has 26 heavy (non-hydrogen) atoms. The number of ketones is 2. The Morgan fingerprint density at radius 2 is 2.12 bits per heavy atom. The number of hydrogen-bond acceptors (Lipinski definition) is 4. The summed E-state index contributed by atoms with van der Waals surface area (Å²) in [6.07, 6.45) is 3.46. The van der Waals surface area contributed by atoms with Crippen molar-refractivity contribution in [3.8, 4) is 5.75 Å². The van der Waals surface area contributed by atoms with E-state index >= 15 is 0 Å². The lowest BCUT2D eigenvalue weighted by molar-refractivity contribution is -0.157. The third kappa shape index (κ3) is 3.07. The van der Waals surface area contributed by atoms with Crippen LogP contribution in [-0.4, -0.2) is 33.3 Å². The Labute approximate surface area is 159 Å². The Morgan fingerprint density at radius 3 is 2.81 bits per heavy atom. The van der Waals surface area contributed by atoms with E-state index in [2.05, 4.69) is 0 Å². The number of halogens is 1. The third-order valence-corrected chi connectivity index (χ3v) is 7.15. The molecule has 4 unspecified atom stereocenters. The first-order valence-corrected chi connectivity index (χ1v) is 9.86. The Hall–Kier alpha value is -1.39. The van der Waals surface area contributed by atoms with Gasteiger partial charge in [0.15, 0.2) is 5.78 Å². The van der Waals surface area contributed by atoms with Crippen LogP contribution in [-0.2, 0) is 16.0 Å². The van der Waals surface area contributed by atoms with Gasteiger partial charge in [-0.05, 0) is 67.7 Å². The molecule has 0 spiro atoms. The number of carbonyl (C=O) groups is 2. The lowest BCUT2D eigenvalue weighted by Gasteiger charge is -2.47. The first kappa shape index (κ1) is 19.4. The van der Waals surface area contributed by atoms with Crippen LogP contribution in [0, 0.1) is 24.2 Å². The fraction of sp³-hybridized carbons (Fsp3) is 0.619. The number of alkyl halides is 1. The van der Waals surface area contributed by atoms with Gasteiger partial charge < -0.3 is 10.2 Å². The van der Waals surface area contributed by atoms with Gasteiger partial charge in [0.2, 0.25) is 0 Å². The highest BCUT2D eigenvalue weighted by Gasteiger charge is 2.63. The molecule has 0 saturated heterocycles. The quantitative estimate of drug-likeness (QED) is 0.768. The molecule has 142 valence electrons. The second-order valence-electron chi connectivity index (χ2n) is 8.31. The minimum absolute atomic E-state index is 0.115. The summed E-state index contributed by atoms with van der Waals surface area (Å²) < 4.78 is 0. The van der Waals surface area contributed by atoms with Crippen LogP contribution >= 0.6 is 11.6 Å². The van der Waals surface area contributed by atoms with Crippen molar-refractivity contribution < 1.29 is 19.8 Å². The molecule has 0 heterocycles. The highest BCUT2D eigenvalue weighted by atomic mass is 35.5. The van der Waals surface area contributed by atoms with Crippen molar-refractivity contribution in [1.29, 1.82) is 0 Å². The van der Waals surface area contributed by atoms with Crippen LogP contribution in [0.1, 0.15) is 50.2 Å². The second kappa shape index (κ2) is 6.97. The number of phenolic OH excluding ortho intramolecular Hbond substituents is 1. The van der Waals surface area contributed by atoms with E-state index in [1.54, 1.807) is 12.1 Å². The molecule has 2 aliphatic carbocycles. The van der Waals surface area contributed by atoms with E-state index in [4.69, 9.17) is 11.6 Å². The number of aromatic hydroxyl groups is 1. The zero-order chi connectivity index (χ0) is 19.1. The van der Waals surface area contributed by atoms with Gasteiger partial charge in [0.05, 0.1) is 5.88 Å². The van der Waals surface area contributed by atoms with Gasteiger partial charge in [-0.3, -0.25) is 9.59 Å². The summed E-state index contributed by atoms with van der Waals surface area (Å²) in [5.41, 5.74) is -0.0237. The van der Waals surface area contributed by atoms with Crippen LogP contribution < -0.4 is 0 Å². The van der Waals surface area contributed by atoms with Gasteiger partial charge in [-0.25, -0.2) is 0 Å². The summed E-state index contributed by atoms with van der Waals surface area (Å²) in [6.45, 7) is 3.90. The SMILES string of the molecule is Cc1ccc(O)cc1CCC1CC(=O)CC2(C)C1CCC2(O)C(=O)CCl. The first-order chi connectivity index (χ1) is 12.2. The van der Waals surface area contributed by atoms with Gasteiger partial charge in [0.25, 0.3) is 0 Å². The minimum Gasteiger partial charge on any atom is -0.508 e. The average Bonchev–Trinajstić information content (AvgIpc) is 2.86. The summed E-state index contributed by atoms with van der Waals surface area (Å²) in [7, 11) is 0. The molecule has 2 fully saturated rings. The zero-order valence-electron chi connectivity index (χ0n) is 15.4. The van der Waals surface area contributed by atoms with E-state index in [1.165, 1.54) is 0 Å². The van der Waals surface area contributed by atoms with Gasteiger partial charge in [0.1, 0.15) is 17.1 Å². The monoisotopic (exact) mass is 378 g/mol. The lowest BCUT2D eigenvalue weighted by Crippen LogP contribution is -2.55. The smallest absolute Gasteiger partial charge is 0.179 e. The molecule has 3 rings (SSSR count). The number of rotatable bonds is 5. The maximum atomic E-state index is 12.5. The molecule has 2 saturated carbocycles. The predicted octanol–water partition coefficient (Wildman–Crippen LogP) is 3.57.